The van der Waals surface area contributed by atoms with Gasteiger partial charge in [0.1, 0.15) is 17.2 Å². The Labute approximate surface area is 303 Å². The highest BCUT2D eigenvalue weighted by Gasteiger charge is 2.39. The number of likely N-dealkylation sites (tertiary alicyclic amines) is 1. The summed E-state index contributed by atoms with van der Waals surface area (Å²) in [5, 5.41) is 27.4. The second-order valence-corrected chi connectivity index (χ2v) is 15.1. The SMILES string of the molecule is CC(N(CCNCCc1ccc(O)c2c1OCC(=O)N2)C(=O)CCOCCc1ccc(O)c(C2(c3ccccc3)CCN(C)CC2)c1)C(C)(C)C. The van der Waals surface area contributed by atoms with Crippen LogP contribution in [-0.2, 0) is 32.6 Å². The lowest BCUT2D eigenvalue weighted by Gasteiger charge is -2.42. The number of phenols is 2. The summed E-state index contributed by atoms with van der Waals surface area (Å²) in [5.41, 5.74) is 4.22. The number of hydrogen-bond donors (Lipinski definition) is 4. The lowest BCUT2D eigenvalue weighted by molar-refractivity contribution is -0.136. The highest BCUT2D eigenvalue weighted by Crippen LogP contribution is 2.45. The zero-order chi connectivity index (χ0) is 36.6. The molecule has 276 valence electrons. The number of fused-ring (bicyclic) bond motifs is 1. The topological polar surface area (TPSA) is 124 Å². The molecule has 1 unspecified atom stereocenters. The van der Waals surface area contributed by atoms with Crippen LogP contribution in [-0.4, -0.2) is 97.5 Å². The van der Waals surface area contributed by atoms with Crippen LogP contribution < -0.4 is 15.4 Å². The van der Waals surface area contributed by atoms with Crippen molar-refractivity contribution in [1.82, 2.24) is 15.1 Å². The van der Waals surface area contributed by atoms with E-state index in [0.29, 0.717) is 69.3 Å². The first-order valence-corrected chi connectivity index (χ1v) is 18.3. The van der Waals surface area contributed by atoms with E-state index in [0.717, 1.165) is 42.6 Å². The van der Waals surface area contributed by atoms with Gasteiger partial charge in [-0.2, -0.15) is 0 Å². The molecule has 0 aromatic heterocycles. The van der Waals surface area contributed by atoms with Crippen molar-refractivity contribution in [2.45, 2.75) is 71.3 Å². The number of benzene rings is 3. The maximum atomic E-state index is 13.5. The van der Waals surface area contributed by atoms with Crippen LogP contribution in [0.25, 0.3) is 0 Å². The zero-order valence-electron chi connectivity index (χ0n) is 31.0. The van der Waals surface area contributed by atoms with Gasteiger partial charge in [-0.3, -0.25) is 9.59 Å². The third kappa shape index (κ3) is 9.41. The molecule has 3 aromatic carbocycles. The molecule has 51 heavy (non-hydrogen) atoms. The first-order valence-electron chi connectivity index (χ1n) is 18.3. The number of aromatic hydroxyl groups is 2. The Morgan fingerprint density at radius 2 is 1.75 bits per heavy atom. The van der Waals surface area contributed by atoms with Gasteiger partial charge in [-0.05, 0) is 93.5 Å². The minimum absolute atomic E-state index is 0.0154. The number of piperidine rings is 1. The molecule has 0 spiro atoms. The van der Waals surface area contributed by atoms with Gasteiger partial charge in [-0.1, -0.05) is 69.3 Å². The van der Waals surface area contributed by atoms with Crippen LogP contribution in [0.4, 0.5) is 5.69 Å². The molecule has 0 aliphatic carbocycles. The third-order valence-corrected chi connectivity index (χ3v) is 10.7. The quantitative estimate of drug-likeness (QED) is 0.121. The van der Waals surface area contributed by atoms with E-state index >= 15 is 0 Å². The molecule has 1 saturated heterocycles. The number of carbonyl (C=O) groups excluding carboxylic acids is 2. The summed E-state index contributed by atoms with van der Waals surface area (Å²) in [4.78, 5) is 29.5. The Morgan fingerprint density at radius 3 is 2.47 bits per heavy atom. The summed E-state index contributed by atoms with van der Waals surface area (Å²) >= 11 is 0. The highest BCUT2D eigenvalue weighted by atomic mass is 16.5. The second-order valence-electron chi connectivity index (χ2n) is 15.1. The van der Waals surface area contributed by atoms with Crippen LogP contribution in [0.5, 0.6) is 17.2 Å². The van der Waals surface area contributed by atoms with Crippen molar-refractivity contribution in [3.05, 3.63) is 82.9 Å². The van der Waals surface area contributed by atoms with Gasteiger partial charge in [0.15, 0.2) is 12.4 Å². The van der Waals surface area contributed by atoms with Crippen molar-refractivity contribution in [2.24, 2.45) is 5.41 Å². The van der Waals surface area contributed by atoms with E-state index in [-0.39, 0.29) is 41.0 Å². The molecule has 3 aromatic rings. The zero-order valence-corrected chi connectivity index (χ0v) is 31.0. The van der Waals surface area contributed by atoms with Crippen LogP contribution in [0.2, 0.25) is 0 Å². The van der Waals surface area contributed by atoms with Gasteiger partial charge in [0.2, 0.25) is 5.91 Å². The van der Waals surface area contributed by atoms with Crippen molar-refractivity contribution in [1.29, 1.82) is 0 Å². The summed E-state index contributed by atoms with van der Waals surface area (Å²) in [5.74, 6) is 0.606. The van der Waals surface area contributed by atoms with Gasteiger partial charge in [0, 0.05) is 30.1 Å². The maximum Gasteiger partial charge on any atom is 0.262 e. The lowest BCUT2D eigenvalue weighted by Crippen LogP contribution is -2.48. The average Bonchev–Trinajstić information content (AvgIpc) is 3.11. The Kier molecular flexibility index (Phi) is 12.7. The smallest absolute Gasteiger partial charge is 0.262 e. The fraction of sp³-hybridized carbons (Fsp3) is 0.512. The molecule has 2 heterocycles. The van der Waals surface area contributed by atoms with Crippen LogP contribution in [0.15, 0.2) is 60.7 Å². The van der Waals surface area contributed by atoms with Crippen LogP contribution in [0, 0.1) is 5.41 Å². The van der Waals surface area contributed by atoms with Crippen LogP contribution in [0.1, 0.15) is 69.2 Å². The number of nitrogens with zero attached hydrogens (tertiary/aromatic N) is 2. The minimum Gasteiger partial charge on any atom is -0.508 e. The van der Waals surface area contributed by atoms with Crippen molar-refractivity contribution in [3.8, 4) is 17.2 Å². The molecule has 4 N–H and O–H groups in total. The fourth-order valence-corrected chi connectivity index (χ4v) is 7.15. The number of rotatable bonds is 15. The number of hydrogen-bond acceptors (Lipinski definition) is 8. The van der Waals surface area contributed by atoms with Gasteiger partial charge in [-0.15, -0.1) is 0 Å². The second kappa shape index (κ2) is 16.9. The molecule has 1 fully saturated rings. The van der Waals surface area contributed by atoms with E-state index in [1.54, 1.807) is 6.07 Å². The number of ether oxygens (including phenoxy) is 2. The van der Waals surface area contributed by atoms with E-state index in [2.05, 4.69) is 80.6 Å². The molecule has 0 saturated carbocycles. The fourth-order valence-electron chi connectivity index (χ4n) is 7.15. The monoisotopic (exact) mass is 700 g/mol. The molecule has 2 amide bonds. The van der Waals surface area contributed by atoms with E-state index in [9.17, 15) is 19.8 Å². The molecule has 10 heteroatoms. The van der Waals surface area contributed by atoms with Crippen LogP contribution >= 0.6 is 0 Å². The number of phenolic OH excluding ortho intramolecular Hbond substituents is 2. The number of amides is 2. The van der Waals surface area contributed by atoms with Gasteiger partial charge in [-0.25, -0.2) is 0 Å². The number of anilines is 1. The normalized spacial score (nSPS) is 16.5. The minimum atomic E-state index is -0.289. The molecule has 0 radical (unpaired) electrons. The molecular weight excluding hydrogens is 644 g/mol. The van der Waals surface area contributed by atoms with Crippen molar-refractivity contribution >= 4 is 17.5 Å². The maximum absolute atomic E-state index is 13.5. The first kappa shape index (κ1) is 38.1. The Hall–Kier alpha value is -4.12. The van der Waals surface area contributed by atoms with Gasteiger partial charge in [0.25, 0.3) is 5.91 Å². The van der Waals surface area contributed by atoms with Crippen molar-refractivity contribution < 1.29 is 29.3 Å². The number of nitrogens with one attached hydrogen (secondary N) is 2. The van der Waals surface area contributed by atoms with E-state index < -0.39 is 0 Å². The first-order chi connectivity index (χ1) is 24.4. The summed E-state index contributed by atoms with van der Waals surface area (Å²) in [7, 11) is 2.15. The van der Waals surface area contributed by atoms with Crippen molar-refractivity contribution in [2.75, 3.05) is 64.9 Å². The third-order valence-electron chi connectivity index (χ3n) is 10.7. The highest BCUT2D eigenvalue weighted by molar-refractivity contribution is 5.97. The molecular formula is C41H56N4O6. The van der Waals surface area contributed by atoms with Crippen molar-refractivity contribution in [3.63, 3.8) is 0 Å². The summed E-state index contributed by atoms with van der Waals surface area (Å²) < 4.78 is 11.6. The Balaban J connectivity index is 1.12. The van der Waals surface area contributed by atoms with Gasteiger partial charge in [0.05, 0.1) is 19.6 Å². The molecule has 2 aliphatic rings. The predicted octanol–water partition coefficient (Wildman–Crippen LogP) is 5.49. The lowest BCUT2D eigenvalue weighted by atomic mass is 9.67. The molecule has 5 rings (SSSR count). The number of carbonyl (C=O) groups is 2. The van der Waals surface area contributed by atoms with E-state index in [1.165, 1.54) is 5.56 Å². The summed E-state index contributed by atoms with van der Waals surface area (Å²) in [6.45, 7) is 13.1. The Bertz CT molecular complexity index is 1630. The van der Waals surface area contributed by atoms with Gasteiger partial charge >= 0.3 is 0 Å². The summed E-state index contributed by atoms with van der Waals surface area (Å²) in [6.07, 6.45) is 3.52. The standard InChI is InChI=1S/C41H56N4O6/c1-29(40(2,3)4)45(24-21-42-20-15-31-12-14-35(47)38-39(31)51-28-36(48)43-38)37(49)17-26-50-25-16-30-11-13-34(46)33(27-30)41(18-22-44(5)23-19-41)32-9-7-6-8-10-32/h6-14,27,29,42,46-47H,15-26,28H2,1-5H3,(H,43,48). The van der Waals surface area contributed by atoms with E-state index in [1.807, 2.05) is 29.2 Å². The van der Waals surface area contributed by atoms with E-state index in [4.69, 9.17) is 9.47 Å². The summed E-state index contributed by atoms with van der Waals surface area (Å²) in [6, 6.07) is 19.9. The predicted molar refractivity (Wildman–Crippen MR) is 201 cm³/mol. The largest absolute Gasteiger partial charge is 0.508 e. The molecule has 10 nitrogen and oxygen atoms in total. The van der Waals surface area contributed by atoms with Crippen LogP contribution in [0.3, 0.4) is 0 Å². The molecule has 1 atom stereocenters. The molecule has 0 bridgehead atoms. The Morgan fingerprint density at radius 1 is 1.02 bits per heavy atom. The van der Waals surface area contributed by atoms with Gasteiger partial charge < -0.3 is 40.1 Å². The molecule has 2 aliphatic heterocycles. The average molecular weight is 701 g/mol.